The van der Waals surface area contributed by atoms with Crippen molar-refractivity contribution in [1.29, 1.82) is 0 Å². The number of aliphatic hydroxyl groups excluding tert-OH is 1. The van der Waals surface area contributed by atoms with Crippen LogP contribution in [0.25, 0.3) is 10.9 Å². The highest BCUT2D eigenvalue weighted by Gasteiger charge is 2.27. The van der Waals surface area contributed by atoms with Gasteiger partial charge in [0.15, 0.2) is 0 Å². The van der Waals surface area contributed by atoms with Crippen molar-refractivity contribution in [2.75, 3.05) is 44.5 Å². The molecule has 1 aliphatic carbocycles. The predicted octanol–water partition coefficient (Wildman–Crippen LogP) is 5.38. The Morgan fingerprint density at radius 3 is 2.44 bits per heavy atom. The average molecular weight is 724 g/mol. The van der Waals surface area contributed by atoms with Crippen molar-refractivity contribution < 1.29 is 32.6 Å². The number of ether oxygens (including phenoxy) is 2. The number of fused-ring (bicyclic) bond motifs is 1. The summed E-state index contributed by atoms with van der Waals surface area (Å²) in [7, 11) is -1.09. The van der Waals surface area contributed by atoms with Gasteiger partial charge in [0.25, 0.3) is 5.91 Å². The molecule has 1 saturated carbocycles. The molecule has 266 valence electrons. The predicted molar refractivity (Wildman–Crippen MR) is 194 cm³/mol. The van der Waals surface area contributed by atoms with Gasteiger partial charge < -0.3 is 30.5 Å². The van der Waals surface area contributed by atoms with E-state index in [1.54, 1.807) is 36.4 Å². The lowest BCUT2D eigenvalue weighted by Gasteiger charge is -2.28. The summed E-state index contributed by atoms with van der Waals surface area (Å²) >= 11 is 6.25. The fourth-order valence-corrected chi connectivity index (χ4v) is 7.56. The SMILES string of the molecule is COc1ccc(S(=O)(=O)N(CCNc2cc(C)nc3ccc(Cl)cc23)CCC(=O)Nc2ccc(C(=O)N[C@@H]3CCCC[C@@H]3O)cc2OC)cc1. The maximum Gasteiger partial charge on any atom is 0.251 e. The third kappa shape index (κ3) is 9.02. The van der Waals surface area contributed by atoms with Crippen LogP contribution in [-0.4, -0.2) is 80.6 Å². The van der Waals surface area contributed by atoms with Gasteiger partial charge in [-0.25, -0.2) is 8.42 Å². The second kappa shape index (κ2) is 16.5. The third-order valence-corrected chi connectivity index (χ3v) is 10.8. The molecule has 2 amide bonds. The number of hydrogen-bond donors (Lipinski definition) is 4. The van der Waals surface area contributed by atoms with Gasteiger partial charge in [-0.1, -0.05) is 24.4 Å². The number of nitrogens with one attached hydrogen (secondary N) is 3. The zero-order valence-electron chi connectivity index (χ0n) is 28.2. The van der Waals surface area contributed by atoms with Crippen LogP contribution in [-0.2, 0) is 14.8 Å². The van der Waals surface area contributed by atoms with Crippen LogP contribution in [0.15, 0.2) is 71.6 Å². The number of sulfonamides is 1. The van der Waals surface area contributed by atoms with E-state index < -0.39 is 22.0 Å². The van der Waals surface area contributed by atoms with Gasteiger partial charge >= 0.3 is 0 Å². The van der Waals surface area contributed by atoms with E-state index in [0.29, 0.717) is 34.9 Å². The molecule has 12 nitrogen and oxygen atoms in total. The minimum atomic E-state index is -4.01. The molecule has 2 atom stereocenters. The molecule has 0 unspecified atom stereocenters. The molecule has 0 radical (unpaired) electrons. The number of carbonyl (C=O) groups is 2. The van der Waals surface area contributed by atoms with E-state index in [-0.39, 0.29) is 48.6 Å². The maximum atomic E-state index is 13.8. The number of amides is 2. The first-order valence-electron chi connectivity index (χ1n) is 16.4. The lowest BCUT2D eigenvalue weighted by Crippen LogP contribution is -2.45. The number of anilines is 2. The van der Waals surface area contributed by atoms with E-state index >= 15 is 0 Å². The average Bonchev–Trinajstić information content (AvgIpc) is 3.10. The van der Waals surface area contributed by atoms with Gasteiger partial charge in [0.2, 0.25) is 15.9 Å². The van der Waals surface area contributed by atoms with E-state index in [4.69, 9.17) is 21.1 Å². The number of aliphatic hydroxyl groups is 1. The van der Waals surface area contributed by atoms with Crippen LogP contribution in [0.2, 0.25) is 5.02 Å². The maximum absolute atomic E-state index is 13.8. The van der Waals surface area contributed by atoms with Gasteiger partial charge in [0, 0.05) is 53.4 Å². The number of pyridine rings is 1. The Labute approximate surface area is 297 Å². The third-order valence-electron chi connectivity index (χ3n) is 8.64. The van der Waals surface area contributed by atoms with Crippen LogP contribution in [0.4, 0.5) is 11.4 Å². The summed E-state index contributed by atoms with van der Waals surface area (Å²) in [5.74, 6) is -0.0153. The first kappa shape index (κ1) is 36.8. The van der Waals surface area contributed by atoms with Crippen molar-refractivity contribution in [3.63, 3.8) is 0 Å². The van der Waals surface area contributed by atoms with Crippen molar-refractivity contribution in [3.8, 4) is 11.5 Å². The zero-order chi connectivity index (χ0) is 35.8. The minimum absolute atomic E-state index is 0.0495. The molecule has 1 fully saturated rings. The van der Waals surface area contributed by atoms with Crippen molar-refractivity contribution in [2.45, 2.75) is 56.1 Å². The highest BCUT2D eigenvalue weighted by molar-refractivity contribution is 7.89. The Bertz CT molecular complexity index is 1940. The summed E-state index contributed by atoms with van der Waals surface area (Å²) in [6.45, 7) is 2.04. The normalized spacial score (nSPS) is 16.2. The molecule has 1 aromatic heterocycles. The van der Waals surface area contributed by atoms with Gasteiger partial charge in [-0.05, 0) is 86.5 Å². The molecule has 4 aromatic rings. The first-order chi connectivity index (χ1) is 24.0. The molecule has 5 rings (SSSR count). The molecule has 50 heavy (non-hydrogen) atoms. The standard InChI is InChI=1S/C36H42ClN5O7S/c1-23-20-32(28-22-25(37)9-15-29(28)39-23)38-17-19-42(50(46,47)27-12-10-26(48-2)11-13-27)18-16-35(44)40-31-14-8-24(21-34(31)49-3)36(45)41-30-6-4-5-7-33(30)43/h8-15,20-22,30,33,43H,4-7,16-19H2,1-3H3,(H,38,39)(H,40,44)(H,41,45)/t30-,33+/m1/s1. The highest BCUT2D eigenvalue weighted by atomic mass is 35.5. The molecule has 4 N–H and O–H groups in total. The Hall–Kier alpha value is -4.43. The van der Waals surface area contributed by atoms with Crippen molar-refractivity contribution in [2.24, 2.45) is 0 Å². The number of hydrogen-bond acceptors (Lipinski definition) is 9. The number of nitrogens with zero attached hydrogens (tertiary/aromatic N) is 2. The van der Waals surface area contributed by atoms with Gasteiger partial charge in [-0.3, -0.25) is 14.6 Å². The summed E-state index contributed by atoms with van der Waals surface area (Å²) in [6, 6.07) is 17.7. The number of aryl methyl sites for hydroxylation is 1. The molecule has 1 aliphatic rings. The Kier molecular flexibility index (Phi) is 12.2. The second-order valence-electron chi connectivity index (χ2n) is 12.1. The van der Waals surface area contributed by atoms with E-state index in [0.717, 1.165) is 35.1 Å². The molecular weight excluding hydrogens is 682 g/mol. The monoisotopic (exact) mass is 723 g/mol. The van der Waals surface area contributed by atoms with E-state index in [1.807, 2.05) is 19.1 Å². The van der Waals surface area contributed by atoms with E-state index in [9.17, 15) is 23.1 Å². The van der Waals surface area contributed by atoms with Gasteiger partial charge in [-0.2, -0.15) is 4.31 Å². The fraction of sp³-hybridized carbons (Fsp3) is 0.361. The largest absolute Gasteiger partial charge is 0.497 e. The van der Waals surface area contributed by atoms with Crippen LogP contribution in [0.5, 0.6) is 11.5 Å². The van der Waals surface area contributed by atoms with Crippen LogP contribution in [0.1, 0.15) is 48.2 Å². The Morgan fingerprint density at radius 2 is 1.72 bits per heavy atom. The Morgan fingerprint density at radius 1 is 0.960 bits per heavy atom. The summed E-state index contributed by atoms with van der Waals surface area (Å²) in [6.07, 6.45) is 2.46. The van der Waals surface area contributed by atoms with Crippen molar-refractivity contribution >= 4 is 55.7 Å². The smallest absolute Gasteiger partial charge is 0.251 e. The number of methoxy groups -OCH3 is 2. The summed E-state index contributed by atoms with van der Waals surface area (Å²) in [5, 5.41) is 20.6. The summed E-state index contributed by atoms with van der Waals surface area (Å²) in [5.41, 5.74) is 2.95. The molecule has 0 spiro atoms. The number of benzene rings is 3. The lowest BCUT2D eigenvalue weighted by molar-refractivity contribution is -0.116. The van der Waals surface area contributed by atoms with Crippen LogP contribution in [0, 0.1) is 6.92 Å². The summed E-state index contributed by atoms with van der Waals surface area (Å²) < 4.78 is 39.6. The zero-order valence-corrected chi connectivity index (χ0v) is 29.8. The molecule has 0 saturated heterocycles. The highest BCUT2D eigenvalue weighted by Crippen LogP contribution is 2.28. The number of carbonyl (C=O) groups excluding carboxylic acids is 2. The Balaban J connectivity index is 1.28. The molecule has 0 aliphatic heterocycles. The van der Waals surface area contributed by atoms with Gasteiger partial charge in [0.05, 0.1) is 42.5 Å². The number of aromatic nitrogens is 1. The molecule has 3 aromatic carbocycles. The topological polar surface area (TPSA) is 159 Å². The quantitative estimate of drug-likeness (QED) is 0.134. The van der Waals surface area contributed by atoms with Crippen LogP contribution >= 0.6 is 11.6 Å². The lowest BCUT2D eigenvalue weighted by atomic mass is 9.92. The minimum Gasteiger partial charge on any atom is -0.497 e. The van der Waals surface area contributed by atoms with Crippen LogP contribution < -0.4 is 25.4 Å². The molecule has 14 heteroatoms. The van der Waals surface area contributed by atoms with Crippen LogP contribution in [0.3, 0.4) is 0 Å². The molecule has 0 bridgehead atoms. The summed E-state index contributed by atoms with van der Waals surface area (Å²) in [4.78, 5) is 30.7. The van der Waals surface area contributed by atoms with Gasteiger partial charge in [0.1, 0.15) is 11.5 Å². The molecular formula is C36H42ClN5O7S. The van der Waals surface area contributed by atoms with E-state index in [2.05, 4.69) is 20.9 Å². The van der Waals surface area contributed by atoms with E-state index in [1.165, 1.54) is 36.7 Å². The second-order valence-corrected chi connectivity index (χ2v) is 14.5. The first-order valence-corrected chi connectivity index (χ1v) is 18.2. The number of rotatable bonds is 14. The number of halogens is 1. The molecule has 1 heterocycles. The van der Waals surface area contributed by atoms with Gasteiger partial charge in [-0.15, -0.1) is 0 Å². The van der Waals surface area contributed by atoms with Crippen molar-refractivity contribution in [1.82, 2.24) is 14.6 Å². The fourth-order valence-electron chi connectivity index (χ4n) is 5.95. The van der Waals surface area contributed by atoms with Crippen molar-refractivity contribution in [3.05, 3.63) is 83.0 Å².